The summed E-state index contributed by atoms with van der Waals surface area (Å²) in [6.45, 7) is 3.82. The van der Waals surface area contributed by atoms with Crippen LogP contribution in [0.4, 0.5) is 0 Å². The highest BCUT2D eigenvalue weighted by Gasteiger charge is 2.26. The zero-order valence-corrected chi connectivity index (χ0v) is 12.0. The van der Waals surface area contributed by atoms with Crippen LogP contribution in [0.25, 0.3) is 0 Å². The molecule has 5 heteroatoms. The van der Waals surface area contributed by atoms with Crippen LogP contribution in [0.1, 0.15) is 40.1 Å². The van der Waals surface area contributed by atoms with Crippen LogP contribution < -0.4 is 5.32 Å². The molecule has 2 aliphatic rings. The van der Waals surface area contributed by atoms with E-state index < -0.39 is 0 Å². The lowest BCUT2D eigenvalue weighted by Gasteiger charge is -2.26. The van der Waals surface area contributed by atoms with E-state index in [4.69, 9.17) is 0 Å². The largest absolute Gasteiger partial charge is 0.380 e. The van der Waals surface area contributed by atoms with Crippen molar-refractivity contribution >= 4 is 11.6 Å². The number of allylic oxidation sites excluding steroid dienone is 2. The maximum Gasteiger partial charge on any atom is 0.228 e. The zero-order chi connectivity index (χ0) is 14.7. The van der Waals surface area contributed by atoms with Gasteiger partial charge < -0.3 is 10.2 Å². The maximum absolute atomic E-state index is 12.3. The number of ketones is 2. The SMILES string of the molecule is O=C1C=C(NCCN2CCCCC2)C(=O)c2ncccc21. The Labute approximate surface area is 124 Å². The normalized spacial score (nSPS) is 19.1. The molecule has 0 radical (unpaired) electrons. The Bertz CT molecular complexity index is 589. The number of aromatic nitrogens is 1. The second kappa shape index (κ2) is 6.18. The van der Waals surface area contributed by atoms with E-state index in [1.165, 1.54) is 25.3 Å². The summed E-state index contributed by atoms with van der Waals surface area (Å²) >= 11 is 0. The average Bonchev–Trinajstić information content (AvgIpc) is 2.53. The quantitative estimate of drug-likeness (QED) is 0.906. The van der Waals surface area contributed by atoms with Gasteiger partial charge in [-0.2, -0.15) is 0 Å². The van der Waals surface area contributed by atoms with E-state index in [-0.39, 0.29) is 17.3 Å². The highest BCUT2D eigenvalue weighted by atomic mass is 16.1. The number of Topliss-reactive ketones (excluding diaryl/α,β-unsaturated/α-hetero) is 1. The summed E-state index contributed by atoms with van der Waals surface area (Å²) < 4.78 is 0. The summed E-state index contributed by atoms with van der Waals surface area (Å²) in [5.74, 6) is -0.345. The molecule has 1 saturated heterocycles. The van der Waals surface area contributed by atoms with Crippen LogP contribution in [-0.2, 0) is 0 Å². The van der Waals surface area contributed by atoms with Crippen molar-refractivity contribution in [2.75, 3.05) is 26.2 Å². The molecule has 1 fully saturated rings. The van der Waals surface area contributed by atoms with Gasteiger partial charge in [0, 0.05) is 25.4 Å². The summed E-state index contributed by atoms with van der Waals surface area (Å²) in [6.07, 6.45) is 6.74. The van der Waals surface area contributed by atoms with Crippen LogP contribution in [0.5, 0.6) is 0 Å². The molecule has 0 amide bonds. The number of rotatable bonds is 4. The summed E-state index contributed by atoms with van der Waals surface area (Å²) in [7, 11) is 0. The third-order valence-corrected chi connectivity index (χ3v) is 4.00. The monoisotopic (exact) mass is 285 g/mol. The fourth-order valence-corrected chi connectivity index (χ4v) is 2.85. The predicted octanol–water partition coefficient (Wildman–Crippen LogP) is 1.42. The summed E-state index contributed by atoms with van der Waals surface area (Å²) in [5, 5.41) is 3.10. The summed E-state index contributed by atoms with van der Waals surface area (Å²) in [4.78, 5) is 30.7. The van der Waals surface area contributed by atoms with E-state index in [2.05, 4.69) is 15.2 Å². The number of hydrogen-bond acceptors (Lipinski definition) is 5. The van der Waals surface area contributed by atoms with Gasteiger partial charge in [0.25, 0.3) is 0 Å². The van der Waals surface area contributed by atoms with E-state index >= 15 is 0 Å². The van der Waals surface area contributed by atoms with Crippen molar-refractivity contribution in [1.29, 1.82) is 0 Å². The number of pyridine rings is 1. The Morgan fingerprint density at radius 2 is 2.00 bits per heavy atom. The lowest BCUT2D eigenvalue weighted by molar-refractivity contribution is 0.0973. The zero-order valence-electron chi connectivity index (χ0n) is 12.0. The first-order valence-corrected chi connectivity index (χ1v) is 7.47. The molecule has 0 aromatic carbocycles. The maximum atomic E-state index is 12.3. The molecule has 2 heterocycles. The number of hydrogen-bond donors (Lipinski definition) is 1. The molecule has 0 unspecified atom stereocenters. The number of nitrogens with zero attached hydrogens (tertiary/aromatic N) is 2. The lowest BCUT2D eigenvalue weighted by atomic mass is 9.97. The van der Waals surface area contributed by atoms with E-state index in [1.54, 1.807) is 18.3 Å². The standard InChI is InChI=1S/C16H19N3O2/c20-14-11-13(16(21)15-12(14)5-4-6-18-15)17-7-10-19-8-2-1-3-9-19/h4-6,11,17H,1-3,7-10H2. The van der Waals surface area contributed by atoms with Crippen LogP contribution in [0, 0.1) is 0 Å². The highest BCUT2D eigenvalue weighted by molar-refractivity contribution is 6.23. The van der Waals surface area contributed by atoms with Crippen LogP contribution in [-0.4, -0.2) is 47.6 Å². The van der Waals surface area contributed by atoms with E-state index in [9.17, 15) is 9.59 Å². The number of piperidine rings is 1. The van der Waals surface area contributed by atoms with Crippen molar-refractivity contribution in [3.8, 4) is 0 Å². The van der Waals surface area contributed by atoms with Crippen LogP contribution in [0.2, 0.25) is 0 Å². The minimum absolute atomic E-state index is 0.154. The van der Waals surface area contributed by atoms with Crippen molar-refractivity contribution in [1.82, 2.24) is 15.2 Å². The molecule has 3 rings (SSSR count). The second-order valence-electron chi connectivity index (χ2n) is 5.48. The van der Waals surface area contributed by atoms with Crippen LogP contribution in [0.3, 0.4) is 0 Å². The predicted molar refractivity (Wildman–Crippen MR) is 79.3 cm³/mol. The van der Waals surface area contributed by atoms with Gasteiger partial charge in [-0.15, -0.1) is 0 Å². The third-order valence-electron chi connectivity index (χ3n) is 4.00. The van der Waals surface area contributed by atoms with E-state index in [0.717, 1.165) is 19.6 Å². The number of nitrogens with one attached hydrogen (secondary N) is 1. The van der Waals surface area contributed by atoms with E-state index in [0.29, 0.717) is 17.8 Å². The number of carbonyl (C=O) groups excluding carboxylic acids is 2. The van der Waals surface area contributed by atoms with Gasteiger partial charge in [0.1, 0.15) is 5.69 Å². The molecule has 0 spiro atoms. The van der Waals surface area contributed by atoms with Gasteiger partial charge in [-0.1, -0.05) is 6.42 Å². The molecule has 0 atom stereocenters. The molecule has 110 valence electrons. The Kier molecular flexibility index (Phi) is 4.10. The Balaban J connectivity index is 1.61. The second-order valence-corrected chi connectivity index (χ2v) is 5.48. The first kappa shape index (κ1) is 13.9. The molecule has 1 aromatic heterocycles. The fourth-order valence-electron chi connectivity index (χ4n) is 2.85. The Hall–Kier alpha value is -2.01. The van der Waals surface area contributed by atoms with Crippen molar-refractivity contribution in [2.24, 2.45) is 0 Å². The summed E-state index contributed by atoms with van der Waals surface area (Å²) in [6, 6.07) is 3.32. The van der Waals surface area contributed by atoms with Crippen LogP contribution >= 0.6 is 0 Å². The van der Waals surface area contributed by atoms with Gasteiger partial charge in [-0.3, -0.25) is 14.6 Å². The average molecular weight is 285 g/mol. The van der Waals surface area contributed by atoms with Gasteiger partial charge in [0.2, 0.25) is 5.78 Å². The fraction of sp³-hybridized carbons (Fsp3) is 0.438. The molecular weight excluding hydrogens is 266 g/mol. The first-order valence-electron chi connectivity index (χ1n) is 7.47. The lowest BCUT2D eigenvalue weighted by Crippen LogP contribution is -2.37. The molecule has 0 saturated carbocycles. The molecule has 1 aliphatic heterocycles. The summed E-state index contributed by atoms with van der Waals surface area (Å²) in [5.41, 5.74) is 1.01. The van der Waals surface area contributed by atoms with E-state index in [1.807, 2.05) is 0 Å². The van der Waals surface area contributed by atoms with Crippen molar-refractivity contribution < 1.29 is 9.59 Å². The van der Waals surface area contributed by atoms with Crippen molar-refractivity contribution in [3.63, 3.8) is 0 Å². The molecule has 1 N–H and O–H groups in total. The Morgan fingerprint density at radius 3 is 2.81 bits per heavy atom. The van der Waals surface area contributed by atoms with Gasteiger partial charge in [-0.25, -0.2) is 0 Å². The molecular formula is C16H19N3O2. The minimum atomic E-state index is -0.191. The van der Waals surface area contributed by atoms with Gasteiger partial charge >= 0.3 is 0 Å². The number of carbonyl (C=O) groups is 2. The van der Waals surface area contributed by atoms with Crippen molar-refractivity contribution in [3.05, 3.63) is 41.4 Å². The molecule has 1 aliphatic carbocycles. The molecule has 0 bridgehead atoms. The molecule has 21 heavy (non-hydrogen) atoms. The smallest absolute Gasteiger partial charge is 0.228 e. The number of fused-ring (bicyclic) bond motifs is 1. The molecule has 5 nitrogen and oxygen atoms in total. The topological polar surface area (TPSA) is 62.3 Å². The third kappa shape index (κ3) is 3.03. The number of likely N-dealkylation sites (tertiary alicyclic amines) is 1. The van der Waals surface area contributed by atoms with Gasteiger partial charge in [0.05, 0.1) is 11.3 Å². The highest BCUT2D eigenvalue weighted by Crippen LogP contribution is 2.17. The van der Waals surface area contributed by atoms with Crippen molar-refractivity contribution in [2.45, 2.75) is 19.3 Å². The Morgan fingerprint density at radius 1 is 1.19 bits per heavy atom. The first-order chi connectivity index (χ1) is 10.3. The van der Waals surface area contributed by atoms with Gasteiger partial charge in [-0.05, 0) is 38.1 Å². The molecule has 1 aromatic rings. The van der Waals surface area contributed by atoms with Gasteiger partial charge in [0.15, 0.2) is 5.78 Å². The minimum Gasteiger partial charge on any atom is -0.380 e. The van der Waals surface area contributed by atoms with Crippen LogP contribution in [0.15, 0.2) is 30.1 Å².